The first-order chi connectivity index (χ1) is 18.8. The number of nitrogens with one attached hydrogen (secondary N) is 1. The van der Waals surface area contributed by atoms with Gasteiger partial charge in [0.25, 0.3) is 5.91 Å². The molecule has 4 aromatic rings. The van der Waals surface area contributed by atoms with E-state index >= 15 is 0 Å². The summed E-state index contributed by atoms with van der Waals surface area (Å²) in [5, 5.41) is 15.4. The van der Waals surface area contributed by atoms with Crippen molar-refractivity contribution in [2.75, 3.05) is 44.4 Å². The summed E-state index contributed by atoms with van der Waals surface area (Å²) in [7, 11) is 7.46. The minimum absolute atomic E-state index is 0.0616. The number of rotatable bonds is 9. The van der Waals surface area contributed by atoms with Crippen molar-refractivity contribution < 1.29 is 18.0 Å². The van der Waals surface area contributed by atoms with Gasteiger partial charge < -0.3 is 15.1 Å². The number of alkyl halides is 3. The number of carbonyl (C=O) groups excluding carboxylic acids is 1. The van der Waals surface area contributed by atoms with Crippen LogP contribution in [0.15, 0.2) is 48.8 Å². The first-order valence-electron chi connectivity index (χ1n) is 12.8. The standard InChI is InChI=1S/C28H33F3N8O/c1-18-8-9-20(12-26(18)39-17-25(34-35-39)24-16-32-38(6)19(24)2)27(40)33-22-13-21(28(29,30)31)14-23(15-22)37(5)11-7-10-36(3)4/h8-9,12-17H,7,10-11H2,1-6H3,(H,33,40). The molecule has 2 heterocycles. The summed E-state index contributed by atoms with van der Waals surface area (Å²) in [5.74, 6) is -0.537. The zero-order valence-corrected chi connectivity index (χ0v) is 23.4. The van der Waals surface area contributed by atoms with E-state index in [0.29, 0.717) is 23.6 Å². The van der Waals surface area contributed by atoms with Crippen molar-refractivity contribution in [1.82, 2.24) is 29.7 Å². The minimum Gasteiger partial charge on any atom is -0.374 e. The highest BCUT2D eigenvalue weighted by Gasteiger charge is 2.32. The van der Waals surface area contributed by atoms with Crippen molar-refractivity contribution in [3.63, 3.8) is 0 Å². The molecule has 2 aromatic heterocycles. The maximum atomic E-state index is 13.7. The second-order valence-corrected chi connectivity index (χ2v) is 10.1. The van der Waals surface area contributed by atoms with Crippen LogP contribution in [0.3, 0.4) is 0 Å². The molecule has 1 N–H and O–H groups in total. The summed E-state index contributed by atoms with van der Waals surface area (Å²) in [5.41, 5.74) is 3.74. The second kappa shape index (κ2) is 11.5. The summed E-state index contributed by atoms with van der Waals surface area (Å²) in [6.45, 7) is 5.17. The van der Waals surface area contributed by atoms with Crippen LogP contribution in [0.4, 0.5) is 24.5 Å². The summed E-state index contributed by atoms with van der Waals surface area (Å²) < 4.78 is 44.4. The predicted octanol–water partition coefficient (Wildman–Crippen LogP) is 4.94. The van der Waals surface area contributed by atoms with Crippen LogP contribution in [0, 0.1) is 13.8 Å². The molecule has 12 heteroatoms. The number of anilines is 2. The summed E-state index contributed by atoms with van der Waals surface area (Å²) >= 11 is 0. The van der Waals surface area contributed by atoms with E-state index in [9.17, 15) is 18.0 Å². The Morgan fingerprint density at radius 2 is 1.80 bits per heavy atom. The molecule has 0 aliphatic carbocycles. The van der Waals surface area contributed by atoms with Gasteiger partial charge in [-0.3, -0.25) is 9.48 Å². The number of halogens is 3. The van der Waals surface area contributed by atoms with Gasteiger partial charge in [0, 0.05) is 48.8 Å². The number of nitrogens with zero attached hydrogens (tertiary/aromatic N) is 7. The molecular formula is C28H33F3N8O. The SMILES string of the molecule is Cc1ccc(C(=O)Nc2cc(N(C)CCCN(C)C)cc(C(F)(F)F)c2)cc1-n1cc(-c2cnn(C)c2C)nn1. The highest BCUT2D eigenvalue weighted by Crippen LogP contribution is 2.34. The van der Waals surface area contributed by atoms with E-state index < -0.39 is 17.6 Å². The number of benzene rings is 2. The molecule has 0 radical (unpaired) electrons. The molecule has 2 aromatic carbocycles. The van der Waals surface area contributed by atoms with Crippen molar-refractivity contribution in [3.05, 3.63) is 71.2 Å². The highest BCUT2D eigenvalue weighted by atomic mass is 19.4. The van der Waals surface area contributed by atoms with Gasteiger partial charge >= 0.3 is 6.18 Å². The first-order valence-corrected chi connectivity index (χ1v) is 12.8. The maximum absolute atomic E-state index is 13.7. The van der Waals surface area contributed by atoms with E-state index in [-0.39, 0.29) is 11.3 Å². The number of hydrogen-bond acceptors (Lipinski definition) is 6. The lowest BCUT2D eigenvalue weighted by Gasteiger charge is -2.23. The third-order valence-corrected chi connectivity index (χ3v) is 6.77. The van der Waals surface area contributed by atoms with Crippen LogP contribution in [0.5, 0.6) is 0 Å². The van der Waals surface area contributed by atoms with Gasteiger partial charge in [-0.1, -0.05) is 11.3 Å². The lowest BCUT2D eigenvalue weighted by molar-refractivity contribution is -0.137. The third-order valence-electron chi connectivity index (χ3n) is 6.77. The largest absolute Gasteiger partial charge is 0.416 e. The van der Waals surface area contributed by atoms with E-state index in [1.54, 1.807) is 58.0 Å². The van der Waals surface area contributed by atoms with Gasteiger partial charge in [0.15, 0.2) is 0 Å². The van der Waals surface area contributed by atoms with Crippen molar-refractivity contribution in [3.8, 4) is 16.9 Å². The predicted molar refractivity (Wildman–Crippen MR) is 149 cm³/mol. The van der Waals surface area contributed by atoms with Gasteiger partial charge in [-0.25, -0.2) is 4.68 Å². The summed E-state index contributed by atoms with van der Waals surface area (Å²) in [6, 6.07) is 8.63. The second-order valence-electron chi connectivity index (χ2n) is 10.1. The van der Waals surface area contributed by atoms with Crippen LogP contribution in [-0.2, 0) is 13.2 Å². The fraction of sp³-hybridized carbons (Fsp3) is 0.357. The quantitative estimate of drug-likeness (QED) is 0.316. The fourth-order valence-corrected chi connectivity index (χ4v) is 4.28. The smallest absolute Gasteiger partial charge is 0.374 e. The highest BCUT2D eigenvalue weighted by molar-refractivity contribution is 6.05. The van der Waals surface area contributed by atoms with Crippen LogP contribution in [0.25, 0.3) is 16.9 Å². The normalized spacial score (nSPS) is 11.8. The molecule has 0 aliphatic heterocycles. The van der Waals surface area contributed by atoms with E-state index in [2.05, 4.69) is 20.7 Å². The zero-order valence-electron chi connectivity index (χ0n) is 23.4. The van der Waals surface area contributed by atoms with Gasteiger partial charge in [0.2, 0.25) is 0 Å². The number of hydrogen-bond donors (Lipinski definition) is 1. The number of amides is 1. The Balaban J connectivity index is 1.59. The van der Waals surface area contributed by atoms with Crippen LogP contribution in [0.1, 0.15) is 33.6 Å². The first kappa shape index (κ1) is 28.8. The van der Waals surface area contributed by atoms with E-state index in [0.717, 1.165) is 41.9 Å². The van der Waals surface area contributed by atoms with Crippen molar-refractivity contribution in [1.29, 1.82) is 0 Å². The van der Waals surface area contributed by atoms with Crippen LogP contribution in [-0.4, -0.2) is 69.8 Å². The Bertz CT molecular complexity index is 1510. The number of aryl methyl sites for hydroxylation is 2. The average molecular weight is 555 g/mol. The van der Waals surface area contributed by atoms with Crippen molar-refractivity contribution in [2.24, 2.45) is 7.05 Å². The monoisotopic (exact) mass is 554 g/mol. The molecular weight excluding hydrogens is 521 g/mol. The summed E-state index contributed by atoms with van der Waals surface area (Å²) in [6.07, 6.45) is -0.324. The molecule has 0 atom stereocenters. The minimum atomic E-state index is -4.56. The number of aromatic nitrogens is 5. The molecule has 1 amide bonds. The van der Waals surface area contributed by atoms with Crippen LogP contribution < -0.4 is 10.2 Å². The molecule has 4 rings (SSSR count). The fourth-order valence-electron chi connectivity index (χ4n) is 4.28. The number of carbonyl (C=O) groups is 1. The zero-order chi connectivity index (χ0) is 29.2. The molecule has 0 saturated heterocycles. The average Bonchev–Trinajstić information content (AvgIpc) is 3.49. The Hall–Kier alpha value is -4.19. The lowest BCUT2D eigenvalue weighted by atomic mass is 10.1. The molecule has 9 nitrogen and oxygen atoms in total. The topological polar surface area (TPSA) is 84.1 Å². The maximum Gasteiger partial charge on any atom is 0.416 e. The Morgan fingerprint density at radius 3 is 2.45 bits per heavy atom. The van der Waals surface area contributed by atoms with Crippen LogP contribution in [0.2, 0.25) is 0 Å². The van der Waals surface area contributed by atoms with Crippen molar-refractivity contribution in [2.45, 2.75) is 26.4 Å². The molecule has 40 heavy (non-hydrogen) atoms. The molecule has 0 unspecified atom stereocenters. The van der Waals surface area contributed by atoms with E-state index in [1.165, 1.54) is 0 Å². The van der Waals surface area contributed by atoms with Gasteiger partial charge in [-0.2, -0.15) is 18.3 Å². The third kappa shape index (κ3) is 6.50. The van der Waals surface area contributed by atoms with Gasteiger partial charge in [-0.05, 0) is 76.8 Å². The summed E-state index contributed by atoms with van der Waals surface area (Å²) in [4.78, 5) is 17.0. The van der Waals surface area contributed by atoms with Crippen LogP contribution >= 0.6 is 0 Å². The van der Waals surface area contributed by atoms with Crippen molar-refractivity contribution >= 4 is 17.3 Å². The lowest BCUT2D eigenvalue weighted by Crippen LogP contribution is -2.24. The Labute approximate surface area is 231 Å². The van der Waals surface area contributed by atoms with E-state index in [1.807, 2.05) is 39.9 Å². The molecule has 0 spiro atoms. The molecule has 0 saturated carbocycles. The van der Waals surface area contributed by atoms with Gasteiger partial charge in [0.05, 0.1) is 23.6 Å². The Kier molecular flexibility index (Phi) is 8.29. The van der Waals surface area contributed by atoms with Gasteiger partial charge in [0.1, 0.15) is 5.69 Å². The molecule has 0 bridgehead atoms. The van der Waals surface area contributed by atoms with Gasteiger partial charge in [-0.15, -0.1) is 5.10 Å². The Morgan fingerprint density at radius 1 is 1.05 bits per heavy atom. The molecule has 0 fully saturated rings. The molecule has 212 valence electrons. The van der Waals surface area contributed by atoms with E-state index in [4.69, 9.17) is 0 Å². The molecule has 0 aliphatic rings.